The minimum absolute atomic E-state index is 0.0267. The molecular weight excluding hydrogens is 402 g/mol. The Labute approximate surface area is 179 Å². The van der Waals surface area contributed by atoms with Crippen LogP contribution in [0.5, 0.6) is 0 Å². The lowest BCUT2D eigenvalue weighted by molar-refractivity contribution is -0.113. The van der Waals surface area contributed by atoms with Crippen molar-refractivity contribution in [2.75, 3.05) is 42.3 Å². The third-order valence-electron chi connectivity index (χ3n) is 4.68. The molecule has 0 saturated carbocycles. The lowest BCUT2D eigenvalue weighted by Gasteiger charge is -2.28. The molecular formula is C22H23N3O2S2. The lowest BCUT2D eigenvalue weighted by Crippen LogP contribution is -2.36. The van der Waals surface area contributed by atoms with Crippen LogP contribution in [0, 0.1) is 6.92 Å². The number of ether oxygens (including phenoxy) is 1. The zero-order valence-corrected chi connectivity index (χ0v) is 17.9. The van der Waals surface area contributed by atoms with E-state index in [0.29, 0.717) is 5.75 Å². The Balaban J connectivity index is 1.28. The molecule has 2 heterocycles. The quantitative estimate of drug-likeness (QED) is 0.581. The van der Waals surface area contributed by atoms with E-state index >= 15 is 0 Å². The molecule has 0 radical (unpaired) electrons. The van der Waals surface area contributed by atoms with Gasteiger partial charge in [0.05, 0.1) is 24.7 Å². The molecule has 0 bridgehead atoms. The second kappa shape index (κ2) is 9.43. The molecule has 150 valence electrons. The summed E-state index contributed by atoms with van der Waals surface area (Å²) in [6.07, 6.45) is 0. The number of nitrogens with zero attached hydrogens (tertiary/aromatic N) is 2. The third kappa shape index (κ3) is 5.38. The number of benzene rings is 2. The number of nitrogens with one attached hydrogen (secondary N) is 1. The van der Waals surface area contributed by atoms with Crippen LogP contribution in [0.4, 0.5) is 11.4 Å². The second-order valence-electron chi connectivity index (χ2n) is 6.85. The van der Waals surface area contributed by atoms with Crippen molar-refractivity contribution in [3.8, 4) is 11.3 Å². The Morgan fingerprint density at radius 3 is 2.59 bits per heavy atom. The van der Waals surface area contributed by atoms with E-state index in [4.69, 9.17) is 4.74 Å². The summed E-state index contributed by atoms with van der Waals surface area (Å²) in [6.45, 7) is 5.40. The summed E-state index contributed by atoms with van der Waals surface area (Å²) >= 11 is 3.04. The maximum Gasteiger partial charge on any atom is 0.234 e. The van der Waals surface area contributed by atoms with E-state index in [0.717, 1.165) is 53.3 Å². The first kappa shape index (κ1) is 19.9. The molecule has 1 saturated heterocycles. The molecule has 1 fully saturated rings. The molecule has 1 amide bonds. The van der Waals surface area contributed by atoms with Gasteiger partial charge in [-0.1, -0.05) is 41.6 Å². The van der Waals surface area contributed by atoms with Crippen LogP contribution in [-0.4, -0.2) is 42.9 Å². The predicted molar refractivity (Wildman–Crippen MR) is 121 cm³/mol. The van der Waals surface area contributed by atoms with Gasteiger partial charge in [0.15, 0.2) is 4.34 Å². The number of aromatic nitrogens is 1. The first-order chi connectivity index (χ1) is 14.2. The van der Waals surface area contributed by atoms with Gasteiger partial charge in [0.25, 0.3) is 0 Å². The second-order valence-corrected chi connectivity index (χ2v) is 8.93. The highest BCUT2D eigenvalue weighted by Crippen LogP contribution is 2.28. The molecule has 1 N–H and O–H groups in total. The summed E-state index contributed by atoms with van der Waals surface area (Å²) in [5, 5.41) is 5.00. The number of amides is 1. The van der Waals surface area contributed by atoms with Crippen LogP contribution in [-0.2, 0) is 9.53 Å². The summed E-state index contributed by atoms with van der Waals surface area (Å²) in [5.41, 5.74) is 5.26. The molecule has 0 atom stereocenters. The van der Waals surface area contributed by atoms with Crippen LogP contribution >= 0.6 is 23.1 Å². The Hall–Kier alpha value is -2.35. The van der Waals surface area contributed by atoms with Gasteiger partial charge < -0.3 is 15.0 Å². The monoisotopic (exact) mass is 425 g/mol. The first-order valence-corrected chi connectivity index (χ1v) is 11.4. The van der Waals surface area contributed by atoms with Crippen LogP contribution < -0.4 is 10.2 Å². The van der Waals surface area contributed by atoms with E-state index in [1.165, 1.54) is 17.3 Å². The first-order valence-electron chi connectivity index (χ1n) is 9.55. The van der Waals surface area contributed by atoms with E-state index in [-0.39, 0.29) is 5.91 Å². The normalized spacial score (nSPS) is 14.0. The van der Waals surface area contributed by atoms with Crippen LogP contribution in [0.15, 0.2) is 58.3 Å². The van der Waals surface area contributed by atoms with Gasteiger partial charge in [-0.15, -0.1) is 11.3 Å². The van der Waals surface area contributed by atoms with Crippen LogP contribution in [0.25, 0.3) is 11.3 Å². The van der Waals surface area contributed by atoms with Gasteiger partial charge in [-0.05, 0) is 31.2 Å². The maximum atomic E-state index is 12.3. The number of carbonyl (C=O) groups is 1. The van der Waals surface area contributed by atoms with Crippen molar-refractivity contribution in [1.82, 2.24) is 4.98 Å². The topological polar surface area (TPSA) is 54.5 Å². The van der Waals surface area contributed by atoms with Gasteiger partial charge in [0.2, 0.25) is 5.91 Å². The van der Waals surface area contributed by atoms with Crippen LogP contribution in [0.2, 0.25) is 0 Å². The van der Waals surface area contributed by atoms with E-state index in [2.05, 4.69) is 46.4 Å². The molecule has 1 aromatic heterocycles. The third-order valence-corrected chi connectivity index (χ3v) is 6.71. The summed E-state index contributed by atoms with van der Waals surface area (Å²) in [4.78, 5) is 19.2. The van der Waals surface area contributed by atoms with Crippen molar-refractivity contribution in [3.63, 3.8) is 0 Å². The zero-order valence-electron chi connectivity index (χ0n) is 16.3. The Morgan fingerprint density at radius 2 is 1.86 bits per heavy atom. The van der Waals surface area contributed by atoms with Crippen molar-refractivity contribution in [3.05, 3.63) is 59.5 Å². The molecule has 0 aliphatic carbocycles. The highest BCUT2D eigenvalue weighted by molar-refractivity contribution is 8.01. The largest absolute Gasteiger partial charge is 0.378 e. The van der Waals surface area contributed by atoms with Gasteiger partial charge in [0, 0.05) is 35.4 Å². The van der Waals surface area contributed by atoms with Crippen molar-refractivity contribution in [2.45, 2.75) is 11.3 Å². The number of thioether (sulfide) groups is 1. The Bertz CT molecular complexity index is 949. The highest BCUT2D eigenvalue weighted by Gasteiger charge is 2.12. The van der Waals surface area contributed by atoms with Crippen LogP contribution in [0.3, 0.4) is 0 Å². The number of carbonyl (C=O) groups excluding carboxylic acids is 1. The number of aryl methyl sites for hydroxylation is 1. The Kier molecular flexibility index (Phi) is 6.49. The van der Waals surface area contributed by atoms with Gasteiger partial charge in [-0.3, -0.25) is 4.79 Å². The average Bonchev–Trinajstić information content (AvgIpc) is 3.23. The molecule has 0 unspecified atom stereocenters. The number of hydrogen-bond donors (Lipinski definition) is 1. The number of morpholine rings is 1. The van der Waals surface area contributed by atoms with Crippen LogP contribution in [0.1, 0.15) is 5.56 Å². The van der Waals surface area contributed by atoms with E-state index in [1.807, 2.05) is 29.6 Å². The summed E-state index contributed by atoms with van der Waals surface area (Å²) in [7, 11) is 0. The summed E-state index contributed by atoms with van der Waals surface area (Å²) in [6, 6.07) is 16.3. The summed E-state index contributed by atoms with van der Waals surface area (Å²) in [5.74, 6) is 0.313. The van der Waals surface area contributed by atoms with Crippen molar-refractivity contribution in [2.24, 2.45) is 0 Å². The van der Waals surface area contributed by atoms with Gasteiger partial charge in [0.1, 0.15) is 0 Å². The minimum Gasteiger partial charge on any atom is -0.378 e. The van der Waals surface area contributed by atoms with E-state index < -0.39 is 0 Å². The maximum absolute atomic E-state index is 12.3. The molecule has 0 spiro atoms. The van der Waals surface area contributed by atoms with Gasteiger partial charge in [-0.2, -0.15) is 0 Å². The van der Waals surface area contributed by atoms with Gasteiger partial charge >= 0.3 is 0 Å². The predicted octanol–water partition coefficient (Wildman–Crippen LogP) is 4.69. The van der Waals surface area contributed by atoms with E-state index in [1.54, 1.807) is 11.3 Å². The molecule has 29 heavy (non-hydrogen) atoms. The van der Waals surface area contributed by atoms with Crippen molar-refractivity contribution < 1.29 is 9.53 Å². The summed E-state index contributed by atoms with van der Waals surface area (Å²) < 4.78 is 6.29. The fourth-order valence-corrected chi connectivity index (χ4v) is 4.72. The minimum atomic E-state index is -0.0267. The molecule has 1 aliphatic heterocycles. The number of thiazole rings is 1. The molecule has 4 rings (SSSR count). The molecule has 7 heteroatoms. The highest BCUT2D eigenvalue weighted by atomic mass is 32.2. The SMILES string of the molecule is Cc1ccc(-c2csc(SCC(=O)Nc3ccc(N4CCOCC4)cc3)n2)cc1. The lowest BCUT2D eigenvalue weighted by atomic mass is 10.1. The smallest absolute Gasteiger partial charge is 0.234 e. The number of anilines is 2. The Morgan fingerprint density at radius 1 is 1.14 bits per heavy atom. The van der Waals surface area contributed by atoms with Crippen molar-refractivity contribution in [1.29, 1.82) is 0 Å². The van der Waals surface area contributed by atoms with Crippen molar-refractivity contribution >= 4 is 40.4 Å². The fraction of sp³-hybridized carbons (Fsp3) is 0.273. The zero-order chi connectivity index (χ0) is 20.1. The molecule has 2 aromatic carbocycles. The fourth-order valence-electron chi connectivity index (χ4n) is 3.08. The van der Waals surface area contributed by atoms with Gasteiger partial charge in [-0.25, -0.2) is 4.98 Å². The number of hydrogen-bond acceptors (Lipinski definition) is 6. The number of rotatable bonds is 6. The standard InChI is InChI=1S/C22H23N3O2S2/c1-16-2-4-17(5-3-16)20-14-28-22(24-20)29-15-21(26)23-18-6-8-19(9-7-18)25-10-12-27-13-11-25/h2-9,14H,10-13,15H2,1H3,(H,23,26). The molecule has 3 aromatic rings. The average molecular weight is 426 g/mol. The van der Waals surface area contributed by atoms with E-state index in [9.17, 15) is 4.79 Å². The molecule has 1 aliphatic rings. The molecule has 5 nitrogen and oxygen atoms in total.